The summed E-state index contributed by atoms with van der Waals surface area (Å²) >= 11 is 5.68. The van der Waals surface area contributed by atoms with Gasteiger partial charge in [-0.2, -0.15) is 26.3 Å². The van der Waals surface area contributed by atoms with Gasteiger partial charge in [-0.1, -0.05) is 36.2 Å². The fraction of sp³-hybridized carbons (Fsp3) is 0.414. The van der Waals surface area contributed by atoms with E-state index in [1.54, 1.807) is 0 Å². The minimum atomic E-state index is -5.08. The van der Waals surface area contributed by atoms with Crippen molar-refractivity contribution in [3.63, 3.8) is 0 Å². The molecule has 1 fully saturated rings. The van der Waals surface area contributed by atoms with Gasteiger partial charge in [0, 0.05) is 24.7 Å². The Labute approximate surface area is 279 Å². The minimum Gasteiger partial charge on any atom is -0.475 e. The van der Waals surface area contributed by atoms with Gasteiger partial charge in [0.15, 0.2) is 5.96 Å². The molecule has 49 heavy (non-hydrogen) atoms. The summed E-state index contributed by atoms with van der Waals surface area (Å²) in [6.45, 7) is 3.42. The molecule has 2 aromatic rings. The van der Waals surface area contributed by atoms with Gasteiger partial charge in [0.25, 0.3) is 0 Å². The molecule has 2 aliphatic rings. The Kier molecular flexibility index (Phi) is 14.6. The number of guanidine groups is 1. The number of nitrogens with zero attached hydrogens (tertiary/aromatic N) is 2. The van der Waals surface area contributed by atoms with E-state index in [-0.39, 0.29) is 22.6 Å². The molecule has 0 saturated carbocycles. The Morgan fingerprint density at radius 1 is 0.898 bits per heavy atom. The number of aliphatic imine (C=N–C) groups is 1. The third-order valence-electron chi connectivity index (χ3n) is 7.01. The van der Waals surface area contributed by atoms with Crippen molar-refractivity contribution in [2.24, 2.45) is 22.4 Å². The molecule has 8 N–H and O–H groups in total. The summed E-state index contributed by atoms with van der Waals surface area (Å²) in [5.41, 5.74) is 14.5. The highest BCUT2D eigenvalue weighted by atomic mass is 35.5. The van der Waals surface area contributed by atoms with Crippen LogP contribution in [0.2, 0.25) is 5.02 Å². The lowest BCUT2D eigenvalue weighted by molar-refractivity contribution is -0.193. The zero-order valence-electron chi connectivity index (χ0n) is 25.4. The molecule has 0 unspecified atom stereocenters. The average molecular weight is 729 g/mol. The number of hydrogen-bond donors (Lipinski definition) is 6. The molecule has 270 valence electrons. The fourth-order valence-corrected chi connectivity index (χ4v) is 4.94. The molecule has 2 aromatic carbocycles. The summed E-state index contributed by atoms with van der Waals surface area (Å²) < 4.78 is 77.2. The number of benzene rings is 2. The highest BCUT2D eigenvalue weighted by Gasteiger charge is 2.39. The Morgan fingerprint density at radius 2 is 1.47 bits per heavy atom. The van der Waals surface area contributed by atoms with E-state index in [9.17, 15) is 40.3 Å². The highest BCUT2D eigenvalue weighted by Crippen LogP contribution is 2.37. The van der Waals surface area contributed by atoms with Gasteiger partial charge in [-0.05, 0) is 67.2 Å². The lowest BCUT2D eigenvalue weighted by Crippen LogP contribution is -2.40. The van der Waals surface area contributed by atoms with Crippen molar-refractivity contribution in [2.75, 3.05) is 25.0 Å². The Morgan fingerprint density at radius 3 is 1.98 bits per heavy atom. The normalized spacial score (nSPS) is 17.2. The topological polar surface area (TPSA) is 200 Å². The first-order chi connectivity index (χ1) is 22.7. The zero-order chi connectivity index (χ0) is 37.1. The van der Waals surface area contributed by atoms with Crippen LogP contribution in [-0.4, -0.2) is 76.8 Å². The summed E-state index contributed by atoms with van der Waals surface area (Å²) in [5.74, 6) is -8.07. The molecule has 1 heterocycles. The monoisotopic (exact) mass is 728 g/mol. The molecular weight excluding hydrogens is 697 g/mol. The maximum Gasteiger partial charge on any atom is 0.490 e. The van der Waals surface area contributed by atoms with E-state index in [1.165, 1.54) is 37.0 Å². The van der Waals surface area contributed by atoms with Gasteiger partial charge in [-0.25, -0.2) is 14.0 Å². The van der Waals surface area contributed by atoms with Crippen molar-refractivity contribution in [1.82, 2.24) is 10.2 Å². The van der Waals surface area contributed by atoms with Gasteiger partial charge in [0.2, 0.25) is 0 Å². The molecule has 4 rings (SSSR count). The largest absolute Gasteiger partial charge is 0.490 e. The number of carboxylic acid groups (broad SMARTS) is 2. The van der Waals surface area contributed by atoms with Crippen LogP contribution < -0.4 is 22.1 Å². The van der Waals surface area contributed by atoms with E-state index in [0.717, 1.165) is 36.8 Å². The Hall–Kier alpha value is -4.65. The van der Waals surface area contributed by atoms with Gasteiger partial charge in [0.05, 0.1) is 11.1 Å². The number of fused-ring (bicyclic) bond motifs is 1. The average Bonchev–Trinajstić information content (AvgIpc) is 3.34. The molecule has 0 radical (unpaired) electrons. The van der Waals surface area contributed by atoms with E-state index in [0.29, 0.717) is 13.0 Å². The van der Waals surface area contributed by atoms with E-state index in [1.807, 2.05) is 6.07 Å². The molecule has 12 nitrogen and oxygen atoms in total. The maximum absolute atomic E-state index is 13.7. The molecule has 1 aliphatic heterocycles. The second-order valence-corrected chi connectivity index (χ2v) is 11.1. The number of carbonyl (C=O) groups is 4. The van der Waals surface area contributed by atoms with Crippen LogP contribution in [0.1, 0.15) is 42.0 Å². The summed E-state index contributed by atoms with van der Waals surface area (Å²) in [5, 5.41) is 19.4. The number of hydrogen-bond acceptors (Lipinski definition) is 6. The van der Waals surface area contributed by atoms with Crippen molar-refractivity contribution in [3.8, 4) is 0 Å². The summed E-state index contributed by atoms with van der Waals surface area (Å²) in [6.07, 6.45) is -5.75. The third kappa shape index (κ3) is 13.4. The number of halogens is 8. The van der Waals surface area contributed by atoms with E-state index >= 15 is 0 Å². The van der Waals surface area contributed by atoms with E-state index in [2.05, 4.69) is 32.7 Å². The number of nitrogens with one attached hydrogen (secondary N) is 2. The Balaban J connectivity index is 0.000000500. The van der Waals surface area contributed by atoms with Crippen molar-refractivity contribution < 1.29 is 60.1 Å². The van der Waals surface area contributed by atoms with Gasteiger partial charge in [-0.15, -0.1) is 0 Å². The number of alkyl halides is 6. The predicted octanol–water partition coefficient (Wildman–Crippen LogP) is 3.97. The molecule has 20 heteroatoms. The molecule has 2 atom stereocenters. The standard InChI is InChI=1S/C25H30ClFN6O2.2C2HF3O2/c26-20-7-5-18(12-21(20)27)31-23(34)24(35)32-22-17(13-30-25(28)29)11-16-10-15(4-6-19(16)22)14-33-8-2-1-3-9-33;2*3-2(4,5)1(6)7/h4-7,10,12,17,22H,1-3,8-9,11,13-14H2,(H,31,34)(H,32,35)(H4,28,29,30);2*(H,6,7)/t17-,22-;;/m1../s1. The number of nitrogens with two attached hydrogens (primary N) is 2. The molecule has 1 saturated heterocycles. The number of amides is 2. The smallest absolute Gasteiger partial charge is 0.475 e. The number of likely N-dealkylation sites (tertiary alicyclic amines) is 1. The molecule has 0 aromatic heterocycles. The van der Waals surface area contributed by atoms with Crippen molar-refractivity contribution in [3.05, 3.63) is 63.9 Å². The first-order valence-corrected chi connectivity index (χ1v) is 14.6. The summed E-state index contributed by atoms with van der Waals surface area (Å²) in [6, 6.07) is 9.63. The summed E-state index contributed by atoms with van der Waals surface area (Å²) in [7, 11) is 0. The lowest BCUT2D eigenvalue weighted by Gasteiger charge is -2.26. The molecule has 0 bridgehead atoms. The first-order valence-electron chi connectivity index (χ1n) is 14.3. The first kappa shape index (κ1) is 40.5. The van der Waals surface area contributed by atoms with Crippen LogP contribution in [0.5, 0.6) is 0 Å². The molecule has 1 aliphatic carbocycles. The molecule has 2 amide bonds. The zero-order valence-corrected chi connectivity index (χ0v) is 26.1. The lowest BCUT2D eigenvalue weighted by atomic mass is 10.00. The van der Waals surface area contributed by atoms with Gasteiger partial charge < -0.3 is 32.3 Å². The van der Waals surface area contributed by atoms with Crippen molar-refractivity contribution in [1.29, 1.82) is 0 Å². The second kappa shape index (κ2) is 17.7. The minimum absolute atomic E-state index is 0.0284. The van der Waals surface area contributed by atoms with Crippen molar-refractivity contribution in [2.45, 2.75) is 50.6 Å². The van der Waals surface area contributed by atoms with Crippen molar-refractivity contribution >= 4 is 47.0 Å². The number of piperidine rings is 1. The third-order valence-corrected chi connectivity index (χ3v) is 7.32. The van der Waals surface area contributed by atoms with Crippen LogP contribution in [0.25, 0.3) is 0 Å². The molecular formula is C29H32ClF7N6O6. The van der Waals surface area contributed by atoms with Crippen LogP contribution in [0, 0.1) is 11.7 Å². The van der Waals surface area contributed by atoms with Crippen LogP contribution in [-0.2, 0) is 32.1 Å². The number of carboxylic acids is 2. The highest BCUT2D eigenvalue weighted by molar-refractivity contribution is 6.39. The van der Waals surface area contributed by atoms with E-state index < -0.39 is 48.0 Å². The number of carbonyl (C=O) groups excluding carboxylic acids is 2. The SMILES string of the molecule is NC(N)=NC[C@H]1Cc2cc(CN3CCCCC3)ccc2[C@@H]1NC(=O)C(=O)Nc1ccc(Cl)c(F)c1.O=C(O)C(F)(F)F.O=C(O)C(F)(F)F. The van der Waals surface area contributed by atoms with Crippen LogP contribution in [0.3, 0.4) is 0 Å². The second-order valence-electron chi connectivity index (χ2n) is 10.7. The number of anilines is 1. The van der Waals surface area contributed by atoms with E-state index in [4.69, 9.17) is 42.9 Å². The predicted molar refractivity (Wildman–Crippen MR) is 162 cm³/mol. The molecule has 0 spiro atoms. The quantitative estimate of drug-likeness (QED) is 0.110. The fourth-order valence-electron chi connectivity index (χ4n) is 4.82. The van der Waals surface area contributed by atoms with Crippen LogP contribution >= 0.6 is 11.6 Å². The van der Waals surface area contributed by atoms with Gasteiger partial charge in [0.1, 0.15) is 5.82 Å². The summed E-state index contributed by atoms with van der Waals surface area (Å²) in [4.78, 5) is 49.7. The number of rotatable bonds is 6. The Bertz CT molecular complexity index is 1510. The number of aliphatic carboxylic acids is 2. The maximum atomic E-state index is 13.7. The van der Waals surface area contributed by atoms with Crippen LogP contribution in [0.4, 0.5) is 36.4 Å². The van der Waals surface area contributed by atoms with Crippen LogP contribution in [0.15, 0.2) is 41.4 Å². The van der Waals surface area contributed by atoms with Gasteiger partial charge >= 0.3 is 36.1 Å². The van der Waals surface area contributed by atoms with Gasteiger partial charge in [-0.3, -0.25) is 19.5 Å².